The van der Waals surface area contributed by atoms with E-state index in [4.69, 9.17) is 9.47 Å². The van der Waals surface area contributed by atoms with E-state index in [0.29, 0.717) is 30.5 Å². The number of methoxy groups -OCH3 is 1. The Kier molecular flexibility index (Phi) is 4.38. The maximum atomic E-state index is 12.7. The Bertz CT molecular complexity index is 572. The highest BCUT2D eigenvalue weighted by atomic mass is 32.2. The molecule has 1 spiro atoms. The van der Waals surface area contributed by atoms with E-state index in [1.807, 2.05) is 0 Å². The SMILES string of the molecule is COC[C@@H]1CCC[C@@]12CN(S(=O)(=O)c1cccs1)CCO2. The van der Waals surface area contributed by atoms with Crippen molar-refractivity contribution in [2.24, 2.45) is 5.92 Å². The molecule has 0 unspecified atom stereocenters. The Morgan fingerprint density at radius 1 is 1.57 bits per heavy atom. The first-order valence-electron chi connectivity index (χ1n) is 7.25. The quantitative estimate of drug-likeness (QED) is 0.846. The van der Waals surface area contributed by atoms with Gasteiger partial charge < -0.3 is 9.47 Å². The van der Waals surface area contributed by atoms with Crippen LogP contribution in [0.3, 0.4) is 0 Å². The first-order chi connectivity index (χ1) is 10.1. The maximum Gasteiger partial charge on any atom is 0.252 e. The summed E-state index contributed by atoms with van der Waals surface area (Å²) in [5, 5.41) is 1.80. The highest BCUT2D eigenvalue weighted by Gasteiger charge is 2.49. The van der Waals surface area contributed by atoms with E-state index in [9.17, 15) is 8.42 Å². The summed E-state index contributed by atoms with van der Waals surface area (Å²) in [7, 11) is -1.70. The minimum atomic E-state index is -3.39. The van der Waals surface area contributed by atoms with Crippen molar-refractivity contribution in [3.63, 3.8) is 0 Å². The molecule has 1 aliphatic heterocycles. The number of thiophene rings is 1. The summed E-state index contributed by atoms with van der Waals surface area (Å²) in [5.74, 6) is 0.281. The van der Waals surface area contributed by atoms with E-state index in [-0.39, 0.29) is 11.5 Å². The molecule has 118 valence electrons. The van der Waals surface area contributed by atoms with Gasteiger partial charge in [-0.15, -0.1) is 11.3 Å². The van der Waals surface area contributed by atoms with Gasteiger partial charge in [0.2, 0.25) is 0 Å². The van der Waals surface area contributed by atoms with Gasteiger partial charge in [0.25, 0.3) is 10.0 Å². The highest BCUT2D eigenvalue weighted by Crippen LogP contribution is 2.42. The summed E-state index contributed by atoms with van der Waals surface area (Å²) < 4.78 is 38.8. The van der Waals surface area contributed by atoms with Crippen LogP contribution in [0.25, 0.3) is 0 Å². The van der Waals surface area contributed by atoms with Gasteiger partial charge in [-0.25, -0.2) is 8.42 Å². The van der Waals surface area contributed by atoms with Gasteiger partial charge in [0.05, 0.1) is 18.8 Å². The molecule has 3 rings (SSSR count). The molecule has 1 saturated heterocycles. The van der Waals surface area contributed by atoms with E-state index in [0.717, 1.165) is 19.3 Å². The summed E-state index contributed by atoms with van der Waals surface area (Å²) >= 11 is 1.27. The number of rotatable bonds is 4. The number of ether oxygens (including phenoxy) is 2. The lowest BCUT2D eigenvalue weighted by molar-refractivity contribution is -0.123. The predicted octanol–water partition coefficient (Wildman–Crippen LogP) is 1.95. The Labute approximate surface area is 129 Å². The summed E-state index contributed by atoms with van der Waals surface area (Å²) in [6.45, 7) is 1.97. The maximum absolute atomic E-state index is 12.7. The second-order valence-electron chi connectivity index (χ2n) is 5.73. The van der Waals surface area contributed by atoms with Gasteiger partial charge in [-0.05, 0) is 24.3 Å². The molecule has 2 atom stereocenters. The van der Waals surface area contributed by atoms with Gasteiger partial charge >= 0.3 is 0 Å². The molecule has 1 aliphatic carbocycles. The molecular formula is C14H21NO4S2. The summed E-state index contributed by atoms with van der Waals surface area (Å²) in [4.78, 5) is 0. The largest absolute Gasteiger partial charge is 0.384 e. The highest BCUT2D eigenvalue weighted by molar-refractivity contribution is 7.91. The van der Waals surface area contributed by atoms with E-state index in [1.54, 1.807) is 28.9 Å². The van der Waals surface area contributed by atoms with Crippen molar-refractivity contribution in [3.8, 4) is 0 Å². The third-order valence-corrected chi connectivity index (χ3v) is 7.75. The van der Waals surface area contributed by atoms with Crippen molar-refractivity contribution in [1.29, 1.82) is 0 Å². The Morgan fingerprint density at radius 2 is 2.43 bits per heavy atom. The number of hydrogen-bond acceptors (Lipinski definition) is 5. The van der Waals surface area contributed by atoms with E-state index in [1.165, 1.54) is 11.3 Å². The van der Waals surface area contributed by atoms with Crippen LogP contribution in [-0.2, 0) is 19.5 Å². The molecule has 21 heavy (non-hydrogen) atoms. The molecule has 2 aliphatic rings. The molecule has 7 heteroatoms. The standard InChI is InChI=1S/C14H21NO4S2/c1-18-10-12-4-2-6-14(12)11-15(7-8-19-14)21(16,17)13-5-3-9-20-13/h3,5,9,12H,2,4,6-8,10-11H2,1H3/t12-,14+/m0/s1. The van der Waals surface area contributed by atoms with Crippen molar-refractivity contribution in [1.82, 2.24) is 4.31 Å². The third kappa shape index (κ3) is 2.77. The van der Waals surface area contributed by atoms with Gasteiger partial charge in [0, 0.05) is 26.1 Å². The molecule has 1 aromatic heterocycles. The number of hydrogen-bond donors (Lipinski definition) is 0. The molecule has 5 nitrogen and oxygen atoms in total. The van der Waals surface area contributed by atoms with Crippen LogP contribution in [0.2, 0.25) is 0 Å². The first kappa shape index (κ1) is 15.4. The lowest BCUT2D eigenvalue weighted by Gasteiger charge is -2.43. The zero-order valence-electron chi connectivity index (χ0n) is 12.2. The second kappa shape index (κ2) is 5.96. The van der Waals surface area contributed by atoms with Crippen LogP contribution < -0.4 is 0 Å². The molecule has 1 saturated carbocycles. The summed E-state index contributed by atoms with van der Waals surface area (Å²) in [5.41, 5.74) is -0.363. The fraction of sp³-hybridized carbons (Fsp3) is 0.714. The Balaban J connectivity index is 1.83. The van der Waals surface area contributed by atoms with Gasteiger partial charge in [-0.3, -0.25) is 0 Å². The Morgan fingerprint density at radius 3 is 3.14 bits per heavy atom. The molecule has 2 fully saturated rings. The molecule has 2 heterocycles. The van der Waals surface area contributed by atoms with Crippen molar-refractivity contribution in [2.45, 2.75) is 29.1 Å². The minimum absolute atomic E-state index is 0.281. The second-order valence-corrected chi connectivity index (χ2v) is 8.84. The molecule has 1 aromatic rings. The van der Waals surface area contributed by atoms with Crippen LogP contribution >= 0.6 is 11.3 Å². The minimum Gasteiger partial charge on any atom is -0.384 e. The summed E-state index contributed by atoms with van der Waals surface area (Å²) in [6.07, 6.45) is 3.03. The van der Waals surface area contributed by atoms with Crippen LogP contribution in [0.15, 0.2) is 21.7 Å². The van der Waals surface area contributed by atoms with E-state index < -0.39 is 10.0 Å². The number of morpholine rings is 1. The molecule has 0 bridgehead atoms. The van der Waals surface area contributed by atoms with Crippen molar-refractivity contribution < 1.29 is 17.9 Å². The van der Waals surface area contributed by atoms with Crippen LogP contribution in [0.1, 0.15) is 19.3 Å². The van der Waals surface area contributed by atoms with Crippen LogP contribution in [-0.4, -0.2) is 51.7 Å². The average molecular weight is 331 g/mol. The lowest BCUT2D eigenvalue weighted by Crippen LogP contribution is -2.56. The molecule has 0 radical (unpaired) electrons. The zero-order chi connectivity index (χ0) is 14.9. The number of nitrogens with zero attached hydrogens (tertiary/aromatic N) is 1. The van der Waals surface area contributed by atoms with Gasteiger partial charge in [-0.2, -0.15) is 4.31 Å². The fourth-order valence-corrected chi connectivity index (χ4v) is 6.09. The van der Waals surface area contributed by atoms with Gasteiger partial charge in [-0.1, -0.05) is 12.5 Å². The van der Waals surface area contributed by atoms with Crippen molar-refractivity contribution in [3.05, 3.63) is 17.5 Å². The molecule has 0 N–H and O–H groups in total. The van der Waals surface area contributed by atoms with E-state index in [2.05, 4.69) is 0 Å². The van der Waals surface area contributed by atoms with Gasteiger partial charge in [0.15, 0.2) is 0 Å². The zero-order valence-corrected chi connectivity index (χ0v) is 13.8. The van der Waals surface area contributed by atoms with Crippen LogP contribution in [0.5, 0.6) is 0 Å². The fourth-order valence-electron chi connectivity index (χ4n) is 3.47. The number of sulfonamides is 1. The first-order valence-corrected chi connectivity index (χ1v) is 9.57. The molecule has 0 aromatic carbocycles. The van der Waals surface area contributed by atoms with Crippen LogP contribution in [0.4, 0.5) is 0 Å². The topological polar surface area (TPSA) is 55.8 Å². The normalized spacial score (nSPS) is 31.0. The van der Waals surface area contributed by atoms with Crippen LogP contribution in [0, 0.1) is 5.92 Å². The molecule has 0 amide bonds. The van der Waals surface area contributed by atoms with Crippen molar-refractivity contribution in [2.75, 3.05) is 33.4 Å². The lowest BCUT2D eigenvalue weighted by atomic mass is 9.90. The monoisotopic (exact) mass is 331 g/mol. The van der Waals surface area contributed by atoms with Gasteiger partial charge in [0.1, 0.15) is 4.21 Å². The Hall–Kier alpha value is -0.470. The predicted molar refractivity (Wildman–Crippen MR) is 81.0 cm³/mol. The van der Waals surface area contributed by atoms with E-state index >= 15 is 0 Å². The van der Waals surface area contributed by atoms with Crippen molar-refractivity contribution >= 4 is 21.4 Å². The summed E-state index contributed by atoms with van der Waals surface area (Å²) in [6, 6.07) is 3.44. The smallest absolute Gasteiger partial charge is 0.252 e. The third-order valence-electron chi connectivity index (χ3n) is 4.53. The molecular weight excluding hydrogens is 310 g/mol. The average Bonchev–Trinajstić information content (AvgIpc) is 3.11.